The second-order valence-corrected chi connectivity index (χ2v) is 28.3. The number of hydrogen-bond acceptors (Lipinski definition) is 2. The molecule has 97 heavy (non-hydrogen) atoms. The molecule has 1 spiro atoms. The first-order chi connectivity index (χ1) is 47.8. The number of benzene rings is 12. The van der Waals surface area contributed by atoms with Crippen molar-refractivity contribution in [2.75, 3.05) is 9.80 Å². The molecule has 7 aliphatic rings. The van der Waals surface area contributed by atoms with Crippen LogP contribution in [0.5, 0.6) is 0 Å². The first-order valence-electron chi connectivity index (χ1n) is 35.0. The Balaban J connectivity index is 0.804. The summed E-state index contributed by atoms with van der Waals surface area (Å²) < 4.78 is 0. The smallest absolute Gasteiger partial charge is 0.0727 e. The topological polar surface area (TPSA) is 6.48 Å². The van der Waals surface area contributed by atoms with Crippen LogP contribution in [0.3, 0.4) is 0 Å². The van der Waals surface area contributed by atoms with Gasteiger partial charge in [0.25, 0.3) is 0 Å². The highest BCUT2D eigenvalue weighted by molar-refractivity contribution is 5.99. The Labute approximate surface area is 570 Å². The van der Waals surface area contributed by atoms with Gasteiger partial charge in [0.2, 0.25) is 0 Å². The second kappa shape index (κ2) is 22.0. The van der Waals surface area contributed by atoms with Gasteiger partial charge in [0.15, 0.2) is 0 Å². The van der Waals surface area contributed by atoms with E-state index in [0.29, 0.717) is 11.8 Å². The van der Waals surface area contributed by atoms with E-state index < -0.39 is 10.8 Å². The van der Waals surface area contributed by atoms with Crippen LogP contribution in [-0.2, 0) is 22.7 Å². The third kappa shape index (κ3) is 8.32. The predicted molar refractivity (Wildman–Crippen MR) is 404 cm³/mol. The zero-order valence-electron chi connectivity index (χ0n) is 55.1. The van der Waals surface area contributed by atoms with E-state index in [1.165, 1.54) is 123 Å². The molecule has 12 aromatic rings. The molecule has 5 atom stereocenters. The molecule has 0 saturated heterocycles. The maximum atomic E-state index is 4.43. The zero-order chi connectivity index (χ0) is 64.7. The maximum absolute atomic E-state index is 4.43. The number of nitrogens with zero attached hydrogens (tertiary/aromatic N) is 2. The molecule has 4 unspecified atom stereocenters. The molecule has 0 radical (unpaired) electrons. The summed E-state index contributed by atoms with van der Waals surface area (Å²) in [4.78, 5) is 5.08. The Morgan fingerprint density at radius 3 is 1.45 bits per heavy atom. The van der Waals surface area contributed by atoms with Gasteiger partial charge in [0.05, 0.1) is 10.8 Å². The van der Waals surface area contributed by atoms with Crippen molar-refractivity contribution in [3.8, 4) is 33.4 Å². The Kier molecular flexibility index (Phi) is 13.0. The van der Waals surface area contributed by atoms with Gasteiger partial charge in [-0.1, -0.05) is 254 Å². The first-order valence-corrected chi connectivity index (χ1v) is 35.0. The Morgan fingerprint density at radius 2 is 0.897 bits per heavy atom. The van der Waals surface area contributed by atoms with Crippen LogP contribution in [0.1, 0.15) is 110 Å². The van der Waals surface area contributed by atoms with Crippen molar-refractivity contribution in [3.05, 3.63) is 405 Å². The third-order valence-electron chi connectivity index (χ3n) is 23.5. The monoisotopic (exact) mass is 1240 g/mol. The highest BCUT2D eigenvalue weighted by Gasteiger charge is 2.54. The van der Waals surface area contributed by atoms with Gasteiger partial charge in [-0.15, -0.1) is 6.58 Å². The Hall–Kier alpha value is -11.1. The van der Waals surface area contributed by atoms with E-state index in [0.717, 1.165) is 72.5 Å². The van der Waals surface area contributed by atoms with E-state index in [9.17, 15) is 0 Å². The van der Waals surface area contributed by atoms with Gasteiger partial charge in [-0.2, -0.15) is 0 Å². The lowest BCUT2D eigenvalue weighted by Gasteiger charge is -2.42. The van der Waals surface area contributed by atoms with E-state index in [4.69, 9.17) is 0 Å². The molecular weight excluding hydrogens is 1170 g/mol. The van der Waals surface area contributed by atoms with Gasteiger partial charge >= 0.3 is 0 Å². The van der Waals surface area contributed by atoms with Crippen LogP contribution >= 0.6 is 0 Å². The molecule has 19 rings (SSSR count). The normalized spacial score (nSPS) is 20.6. The summed E-state index contributed by atoms with van der Waals surface area (Å²) in [6, 6.07) is 108. The van der Waals surface area contributed by atoms with Crippen molar-refractivity contribution < 1.29 is 0 Å². The van der Waals surface area contributed by atoms with Crippen LogP contribution in [0.15, 0.2) is 327 Å². The lowest BCUT2D eigenvalue weighted by molar-refractivity contribution is 0.442. The lowest BCUT2D eigenvalue weighted by atomic mass is 9.61. The largest absolute Gasteiger partial charge is 0.310 e. The van der Waals surface area contributed by atoms with E-state index in [2.05, 4.69) is 334 Å². The summed E-state index contributed by atoms with van der Waals surface area (Å²) in [5, 5.41) is 0. The predicted octanol–water partition coefficient (Wildman–Crippen LogP) is 24.1. The van der Waals surface area contributed by atoms with Crippen LogP contribution in [0.2, 0.25) is 0 Å². The lowest BCUT2D eigenvalue weighted by Crippen LogP contribution is -2.33. The fourth-order valence-corrected chi connectivity index (χ4v) is 19.2. The van der Waals surface area contributed by atoms with Crippen molar-refractivity contribution in [1.29, 1.82) is 0 Å². The Morgan fingerprint density at radius 1 is 0.423 bits per heavy atom. The van der Waals surface area contributed by atoms with Crippen LogP contribution in [0.25, 0.3) is 45.0 Å². The average molecular weight is 1240 g/mol. The van der Waals surface area contributed by atoms with E-state index in [1.54, 1.807) is 11.1 Å². The molecule has 0 N–H and O–H groups in total. The first kappa shape index (κ1) is 57.4. The number of allylic oxidation sites excluding steroid dienone is 7. The number of anilines is 6. The summed E-state index contributed by atoms with van der Waals surface area (Å²) in [7, 11) is 0. The molecule has 0 saturated carbocycles. The molecule has 2 nitrogen and oxygen atoms in total. The summed E-state index contributed by atoms with van der Waals surface area (Å²) in [6.45, 7) is 13.0. The molecular formula is C95H74N2. The number of aryl methyl sites for hydroxylation is 2. The summed E-state index contributed by atoms with van der Waals surface area (Å²) in [5.41, 5.74) is 37.5. The second-order valence-electron chi connectivity index (χ2n) is 28.3. The number of rotatable bonds is 12. The van der Waals surface area contributed by atoms with Crippen molar-refractivity contribution in [1.82, 2.24) is 0 Å². The molecule has 6 bridgehead atoms. The van der Waals surface area contributed by atoms with Crippen molar-refractivity contribution in [3.63, 3.8) is 0 Å². The van der Waals surface area contributed by atoms with E-state index in [1.807, 2.05) is 6.08 Å². The number of fused-ring (bicyclic) bond motifs is 17. The fraction of sp³-hybridized carbons (Fsp3) is 0.137. The minimum atomic E-state index is -0.662. The molecule has 7 aliphatic carbocycles. The zero-order valence-corrected chi connectivity index (χ0v) is 55.1. The molecule has 2 heteroatoms. The molecule has 0 heterocycles. The van der Waals surface area contributed by atoms with Crippen LogP contribution < -0.4 is 9.80 Å². The van der Waals surface area contributed by atoms with Crippen LogP contribution in [0, 0.1) is 25.7 Å². The van der Waals surface area contributed by atoms with Gasteiger partial charge in [0.1, 0.15) is 0 Å². The highest BCUT2D eigenvalue weighted by atomic mass is 15.1. The Bertz CT molecular complexity index is 5340. The van der Waals surface area contributed by atoms with Crippen molar-refractivity contribution in [2.24, 2.45) is 11.8 Å². The molecule has 0 aromatic heterocycles. The fourth-order valence-electron chi connectivity index (χ4n) is 19.2. The minimum absolute atomic E-state index is 0.298. The maximum Gasteiger partial charge on any atom is 0.0727 e. The van der Waals surface area contributed by atoms with Gasteiger partial charge in [-0.25, -0.2) is 0 Å². The summed E-state index contributed by atoms with van der Waals surface area (Å²) in [6.07, 6.45) is 15.6. The highest BCUT2D eigenvalue weighted by Crippen LogP contribution is 2.67. The molecule has 464 valence electrons. The molecule has 0 amide bonds. The van der Waals surface area contributed by atoms with Crippen molar-refractivity contribution in [2.45, 2.75) is 68.6 Å². The van der Waals surface area contributed by atoms with E-state index >= 15 is 0 Å². The molecule has 0 fully saturated rings. The average Bonchev–Trinajstić information content (AvgIpc) is 1.52. The number of para-hydroxylation sites is 2. The molecule has 12 aromatic carbocycles. The quantitative estimate of drug-likeness (QED) is 0.113. The number of hydrogen-bond donors (Lipinski definition) is 0. The molecule has 0 aliphatic heterocycles. The van der Waals surface area contributed by atoms with Gasteiger partial charge in [-0.05, 0) is 248 Å². The van der Waals surface area contributed by atoms with Gasteiger partial charge < -0.3 is 9.80 Å². The van der Waals surface area contributed by atoms with Gasteiger partial charge in [-0.3, -0.25) is 0 Å². The third-order valence-corrected chi connectivity index (χ3v) is 23.5. The van der Waals surface area contributed by atoms with Crippen molar-refractivity contribution >= 4 is 45.8 Å². The SMILES string of the molecule is C=Cc1ccc(CC2(c3ccc(C)cc3)c3ccccc3-c3ccc(N(c4ccccc4)c4ccc5c(c4)C4(c6ccccc6-c6ccc(N(c7ccccc7)c7ccc8c(c7)C7(c9ccc(C)cc9)CC9=C[C@@H](C%10=CCCC7=C%108)C(C=C)CC9)cc64)c4ccccc4-5)cc32)cc1. The summed E-state index contributed by atoms with van der Waals surface area (Å²) >= 11 is 0. The van der Waals surface area contributed by atoms with Crippen LogP contribution in [-0.4, -0.2) is 0 Å². The van der Waals surface area contributed by atoms with E-state index in [-0.39, 0.29) is 5.41 Å². The van der Waals surface area contributed by atoms with Crippen LogP contribution in [0.4, 0.5) is 34.1 Å². The standard InChI is InChI=1S/C95H74N2/c1-5-63-36-38-64(39-37-63)59-93(67-42-32-61(3)33-43-67)84-28-16-13-24-75(84)78-50-46-71(55-88(78)93)96(69-20-9-7-10-21-69)73-47-51-79-76-25-14-17-29-85(76)95(90(79)57-73)86-30-18-15-26-77(86)80-52-48-74(58-91(80)95)97(70-22-11-8-12-23-70)72-49-53-82-89(56-72)94(68-44-34-62(4)35-45-68)60-65-40-41-66(6-2)83(54-65)81-27-19-31-87(94)92(81)82/h5-18,20-30,32-39,42-58,66,83H,1-2,19,31,40-41,59-60H2,3-4H3/t66?,83-,93?,94?,95?/m1/s1. The summed E-state index contributed by atoms with van der Waals surface area (Å²) in [5.74, 6) is 0.777. The minimum Gasteiger partial charge on any atom is -0.310 e. The van der Waals surface area contributed by atoms with Gasteiger partial charge in [0, 0.05) is 45.5 Å².